The number of thiophene rings is 1. The van der Waals surface area contributed by atoms with E-state index in [9.17, 15) is 0 Å². The van der Waals surface area contributed by atoms with Crippen LogP contribution in [0.4, 0.5) is 5.69 Å². The summed E-state index contributed by atoms with van der Waals surface area (Å²) in [6, 6.07) is 19.0. The summed E-state index contributed by atoms with van der Waals surface area (Å²) >= 11 is 1.83. The summed E-state index contributed by atoms with van der Waals surface area (Å²) in [5.74, 6) is 0. The Morgan fingerprint density at radius 1 is 1.00 bits per heavy atom. The number of nitrogens with one attached hydrogen (secondary N) is 1. The summed E-state index contributed by atoms with van der Waals surface area (Å²) in [6.45, 7) is 1.05. The third-order valence-electron chi connectivity index (χ3n) is 3.30. The highest BCUT2D eigenvalue weighted by Gasteiger charge is 2.01. The number of fused-ring (bicyclic) bond motifs is 1. The monoisotopic (exact) mass is 283 g/mol. The van der Waals surface area contributed by atoms with Gasteiger partial charge in [0.2, 0.25) is 0 Å². The second kappa shape index (κ2) is 6.07. The quantitative estimate of drug-likeness (QED) is 0.740. The molecule has 0 bridgehead atoms. The lowest BCUT2D eigenvalue weighted by Gasteiger charge is -2.05. The van der Waals surface area contributed by atoms with Gasteiger partial charge < -0.3 is 10.4 Å². The highest BCUT2D eigenvalue weighted by Crippen LogP contribution is 2.25. The third-order valence-corrected chi connectivity index (χ3v) is 4.41. The Labute approximate surface area is 122 Å². The van der Waals surface area contributed by atoms with Crippen molar-refractivity contribution >= 4 is 27.1 Å². The van der Waals surface area contributed by atoms with Crippen LogP contribution in [0, 0.1) is 0 Å². The Morgan fingerprint density at radius 2 is 1.80 bits per heavy atom. The van der Waals surface area contributed by atoms with Gasteiger partial charge in [-0.15, -0.1) is 11.3 Å². The van der Waals surface area contributed by atoms with Crippen LogP contribution in [0.2, 0.25) is 0 Å². The summed E-state index contributed by atoms with van der Waals surface area (Å²) < 4.78 is 1.34. The average molecular weight is 283 g/mol. The topological polar surface area (TPSA) is 32.3 Å². The molecule has 0 atom stereocenters. The van der Waals surface area contributed by atoms with Gasteiger partial charge in [-0.1, -0.05) is 30.3 Å². The summed E-state index contributed by atoms with van der Waals surface area (Å²) in [6.07, 6.45) is 0.719. The Bertz CT molecular complexity index is 655. The number of aliphatic hydroxyl groups excluding tert-OH is 1. The van der Waals surface area contributed by atoms with Crippen molar-refractivity contribution in [2.24, 2.45) is 0 Å². The van der Waals surface area contributed by atoms with E-state index in [4.69, 9.17) is 5.11 Å². The van der Waals surface area contributed by atoms with E-state index < -0.39 is 0 Å². The Morgan fingerprint density at radius 3 is 2.55 bits per heavy atom. The molecular weight excluding hydrogens is 266 g/mol. The lowest BCUT2D eigenvalue weighted by Crippen LogP contribution is -1.97. The van der Waals surface area contributed by atoms with Crippen LogP contribution in [-0.2, 0) is 13.0 Å². The summed E-state index contributed by atoms with van der Waals surface area (Å²) in [4.78, 5) is 1.34. The Balaban J connectivity index is 1.66. The molecule has 0 spiro atoms. The van der Waals surface area contributed by atoms with Gasteiger partial charge in [0.1, 0.15) is 0 Å². The molecule has 1 aromatic heterocycles. The van der Waals surface area contributed by atoms with Gasteiger partial charge in [-0.3, -0.25) is 0 Å². The molecule has 0 aliphatic rings. The molecule has 1 heterocycles. The molecule has 0 saturated heterocycles. The highest BCUT2D eigenvalue weighted by atomic mass is 32.1. The molecule has 2 N–H and O–H groups in total. The Hall–Kier alpha value is -1.84. The molecule has 2 nitrogen and oxygen atoms in total. The van der Waals surface area contributed by atoms with Crippen molar-refractivity contribution in [3.05, 3.63) is 65.0 Å². The fourth-order valence-electron chi connectivity index (χ4n) is 2.23. The molecule has 3 rings (SSSR count). The van der Waals surface area contributed by atoms with Gasteiger partial charge in [-0.25, -0.2) is 0 Å². The van der Waals surface area contributed by atoms with E-state index >= 15 is 0 Å². The zero-order valence-electron chi connectivity index (χ0n) is 11.2. The van der Waals surface area contributed by atoms with Crippen molar-refractivity contribution in [2.75, 3.05) is 11.9 Å². The van der Waals surface area contributed by atoms with Crippen molar-refractivity contribution in [1.29, 1.82) is 0 Å². The number of benzene rings is 2. The lowest BCUT2D eigenvalue weighted by molar-refractivity contribution is 0.299. The van der Waals surface area contributed by atoms with Crippen LogP contribution in [0.5, 0.6) is 0 Å². The smallest absolute Gasteiger partial charge is 0.0494 e. The van der Waals surface area contributed by atoms with Gasteiger partial charge in [0.15, 0.2) is 0 Å². The molecule has 102 valence electrons. The number of hydrogen-bond acceptors (Lipinski definition) is 3. The van der Waals surface area contributed by atoms with Crippen LogP contribution in [0.3, 0.4) is 0 Å². The molecule has 0 radical (unpaired) electrons. The maximum absolute atomic E-state index is 8.90. The first-order valence-corrected chi connectivity index (χ1v) is 7.58. The zero-order valence-corrected chi connectivity index (χ0v) is 12.0. The van der Waals surface area contributed by atoms with E-state index in [1.54, 1.807) is 0 Å². The molecule has 3 aromatic rings. The molecule has 20 heavy (non-hydrogen) atoms. The molecule has 3 heteroatoms. The second-order valence-corrected chi connectivity index (χ2v) is 5.94. The Kier molecular flexibility index (Phi) is 4.00. The van der Waals surface area contributed by atoms with Crippen LogP contribution < -0.4 is 5.32 Å². The average Bonchev–Trinajstić information content (AvgIpc) is 2.90. The van der Waals surface area contributed by atoms with Gasteiger partial charge in [-0.05, 0) is 41.6 Å². The van der Waals surface area contributed by atoms with Crippen molar-refractivity contribution < 1.29 is 5.11 Å². The van der Waals surface area contributed by atoms with E-state index in [2.05, 4.69) is 59.9 Å². The van der Waals surface area contributed by atoms with Crippen molar-refractivity contribution in [3.8, 4) is 0 Å². The standard InChI is InChI=1S/C17H17NOS/c19-10-9-13-5-7-15(8-6-13)18-12-16-11-14-3-1-2-4-17(14)20-16/h1-8,11,18-19H,9-10,12H2. The van der Waals surface area contributed by atoms with Crippen LogP contribution in [-0.4, -0.2) is 11.7 Å². The lowest BCUT2D eigenvalue weighted by atomic mass is 10.1. The minimum Gasteiger partial charge on any atom is -0.396 e. The van der Waals surface area contributed by atoms with Crippen molar-refractivity contribution in [2.45, 2.75) is 13.0 Å². The van der Waals surface area contributed by atoms with E-state index in [0.717, 1.165) is 18.7 Å². The minimum atomic E-state index is 0.203. The molecule has 0 unspecified atom stereocenters. The SMILES string of the molecule is OCCc1ccc(NCc2cc3ccccc3s2)cc1. The third kappa shape index (κ3) is 3.00. The predicted molar refractivity (Wildman–Crippen MR) is 86.4 cm³/mol. The molecule has 0 aliphatic carbocycles. The normalized spacial score (nSPS) is 10.8. The summed E-state index contributed by atoms with van der Waals surface area (Å²) in [5, 5.41) is 13.6. The van der Waals surface area contributed by atoms with Gasteiger partial charge in [0.25, 0.3) is 0 Å². The summed E-state index contributed by atoms with van der Waals surface area (Å²) in [7, 11) is 0. The maximum atomic E-state index is 8.90. The van der Waals surface area contributed by atoms with E-state index in [0.29, 0.717) is 0 Å². The molecular formula is C17H17NOS. The first-order chi connectivity index (χ1) is 9.85. The molecule has 2 aromatic carbocycles. The van der Waals surface area contributed by atoms with Gasteiger partial charge in [0, 0.05) is 28.4 Å². The molecule has 0 aliphatic heterocycles. The van der Waals surface area contributed by atoms with E-state index in [1.165, 1.54) is 20.5 Å². The van der Waals surface area contributed by atoms with E-state index in [-0.39, 0.29) is 6.61 Å². The van der Waals surface area contributed by atoms with Gasteiger partial charge >= 0.3 is 0 Å². The first kappa shape index (κ1) is 13.2. The van der Waals surface area contributed by atoms with Crippen LogP contribution in [0.25, 0.3) is 10.1 Å². The van der Waals surface area contributed by atoms with Gasteiger partial charge in [-0.2, -0.15) is 0 Å². The van der Waals surface area contributed by atoms with Crippen molar-refractivity contribution in [1.82, 2.24) is 0 Å². The first-order valence-electron chi connectivity index (χ1n) is 6.76. The minimum absolute atomic E-state index is 0.203. The van der Waals surface area contributed by atoms with Crippen LogP contribution in [0.1, 0.15) is 10.4 Å². The van der Waals surface area contributed by atoms with Crippen molar-refractivity contribution in [3.63, 3.8) is 0 Å². The predicted octanol–water partition coefficient (Wildman–Crippen LogP) is 4.05. The number of hydrogen-bond donors (Lipinski definition) is 2. The molecule has 0 amide bonds. The van der Waals surface area contributed by atoms with Gasteiger partial charge in [0.05, 0.1) is 0 Å². The number of aliphatic hydroxyl groups is 1. The van der Waals surface area contributed by atoms with E-state index in [1.807, 2.05) is 11.3 Å². The highest BCUT2D eigenvalue weighted by molar-refractivity contribution is 7.19. The number of anilines is 1. The fourth-order valence-corrected chi connectivity index (χ4v) is 3.24. The fraction of sp³-hybridized carbons (Fsp3) is 0.176. The molecule has 0 fully saturated rings. The second-order valence-electron chi connectivity index (χ2n) is 4.77. The number of rotatable bonds is 5. The maximum Gasteiger partial charge on any atom is 0.0494 e. The largest absolute Gasteiger partial charge is 0.396 e. The van der Waals surface area contributed by atoms with Crippen LogP contribution >= 0.6 is 11.3 Å². The molecule has 0 saturated carbocycles. The summed E-state index contributed by atoms with van der Waals surface area (Å²) in [5.41, 5.74) is 2.28. The van der Waals surface area contributed by atoms with Crippen LogP contribution in [0.15, 0.2) is 54.6 Å². The zero-order chi connectivity index (χ0) is 13.8.